The standard InChI is InChI=1S/C15H30BrNO/c1-3-4-5-6-7-8-9-10-11-12-15(18)17-14(2)13-16/h14H,3-13H2,1-2H3,(H,17,18). The normalized spacial score (nSPS) is 12.4. The Balaban J connectivity index is 3.17. The third-order valence-electron chi connectivity index (χ3n) is 3.15. The van der Waals surface area contributed by atoms with Crippen molar-refractivity contribution >= 4 is 21.8 Å². The van der Waals surface area contributed by atoms with Gasteiger partial charge in [-0.05, 0) is 13.3 Å². The van der Waals surface area contributed by atoms with Gasteiger partial charge in [-0.1, -0.05) is 74.2 Å². The molecule has 0 saturated carbocycles. The van der Waals surface area contributed by atoms with Crippen molar-refractivity contribution in [2.24, 2.45) is 0 Å². The first kappa shape index (κ1) is 17.9. The monoisotopic (exact) mass is 319 g/mol. The largest absolute Gasteiger partial charge is 0.353 e. The number of hydrogen-bond donors (Lipinski definition) is 1. The van der Waals surface area contributed by atoms with Crippen LogP contribution in [0.4, 0.5) is 0 Å². The number of nitrogens with one attached hydrogen (secondary N) is 1. The Morgan fingerprint density at radius 3 is 2.00 bits per heavy atom. The van der Waals surface area contributed by atoms with Gasteiger partial charge in [-0.2, -0.15) is 0 Å². The second kappa shape index (κ2) is 13.4. The van der Waals surface area contributed by atoms with Crippen LogP contribution >= 0.6 is 15.9 Å². The van der Waals surface area contributed by atoms with Crippen molar-refractivity contribution in [3.63, 3.8) is 0 Å². The van der Waals surface area contributed by atoms with E-state index in [1.165, 1.54) is 51.4 Å². The maximum Gasteiger partial charge on any atom is 0.220 e. The number of amides is 1. The lowest BCUT2D eigenvalue weighted by Crippen LogP contribution is -2.33. The van der Waals surface area contributed by atoms with Gasteiger partial charge in [0, 0.05) is 17.8 Å². The summed E-state index contributed by atoms with van der Waals surface area (Å²) in [5.74, 6) is 0.199. The lowest BCUT2D eigenvalue weighted by atomic mass is 10.1. The molecule has 18 heavy (non-hydrogen) atoms. The number of alkyl halides is 1. The lowest BCUT2D eigenvalue weighted by Gasteiger charge is -2.10. The molecule has 0 bridgehead atoms. The van der Waals surface area contributed by atoms with E-state index in [-0.39, 0.29) is 11.9 Å². The van der Waals surface area contributed by atoms with Gasteiger partial charge < -0.3 is 5.32 Å². The number of rotatable bonds is 12. The molecule has 0 heterocycles. The molecule has 1 N–H and O–H groups in total. The van der Waals surface area contributed by atoms with Crippen LogP contribution < -0.4 is 5.32 Å². The van der Waals surface area contributed by atoms with Gasteiger partial charge in [0.1, 0.15) is 0 Å². The van der Waals surface area contributed by atoms with E-state index in [1.54, 1.807) is 0 Å². The second-order valence-electron chi connectivity index (χ2n) is 5.20. The van der Waals surface area contributed by atoms with E-state index in [2.05, 4.69) is 28.2 Å². The molecule has 3 heteroatoms. The van der Waals surface area contributed by atoms with Crippen molar-refractivity contribution in [1.29, 1.82) is 0 Å². The molecule has 1 unspecified atom stereocenters. The average molecular weight is 320 g/mol. The van der Waals surface area contributed by atoms with E-state index >= 15 is 0 Å². The molecular formula is C15H30BrNO. The van der Waals surface area contributed by atoms with Gasteiger partial charge in [0.25, 0.3) is 0 Å². The number of halogens is 1. The number of hydrogen-bond acceptors (Lipinski definition) is 1. The quantitative estimate of drug-likeness (QED) is 0.406. The second-order valence-corrected chi connectivity index (χ2v) is 5.85. The maximum atomic E-state index is 11.5. The van der Waals surface area contributed by atoms with Crippen molar-refractivity contribution in [3.05, 3.63) is 0 Å². The molecule has 0 aromatic rings. The Morgan fingerprint density at radius 2 is 1.50 bits per heavy atom. The Hall–Kier alpha value is -0.0500. The van der Waals surface area contributed by atoms with Crippen LogP contribution in [0.1, 0.15) is 78.1 Å². The number of unbranched alkanes of at least 4 members (excludes halogenated alkanes) is 8. The smallest absolute Gasteiger partial charge is 0.220 e. The van der Waals surface area contributed by atoms with E-state index in [1.807, 2.05) is 6.92 Å². The first-order valence-corrected chi connectivity index (χ1v) is 8.68. The van der Waals surface area contributed by atoms with Crippen LogP contribution in [0, 0.1) is 0 Å². The molecule has 0 aliphatic rings. The third-order valence-corrected chi connectivity index (χ3v) is 4.12. The molecule has 0 aromatic carbocycles. The van der Waals surface area contributed by atoms with Crippen molar-refractivity contribution in [2.75, 3.05) is 5.33 Å². The highest BCUT2D eigenvalue weighted by atomic mass is 79.9. The molecule has 2 nitrogen and oxygen atoms in total. The van der Waals surface area contributed by atoms with E-state index in [9.17, 15) is 4.79 Å². The molecule has 0 aliphatic heterocycles. The van der Waals surface area contributed by atoms with Gasteiger partial charge in [0.15, 0.2) is 0 Å². The Bertz CT molecular complexity index is 197. The van der Waals surface area contributed by atoms with E-state index in [0.717, 1.165) is 11.8 Å². The summed E-state index contributed by atoms with van der Waals surface area (Å²) < 4.78 is 0. The molecule has 0 spiro atoms. The van der Waals surface area contributed by atoms with Crippen LogP contribution in [0.2, 0.25) is 0 Å². The molecule has 0 aromatic heterocycles. The van der Waals surface area contributed by atoms with Crippen molar-refractivity contribution in [2.45, 2.75) is 84.1 Å². The highest BCUT2D eigenvalue weighted by Gasteiger charge is 2.04. The zero-order valence-electron chi connectivity index (χ0n) is 12.1. The molecule has 0 fully saturated rings. The van der Waals surface area contributed by atoms with Crippen molar-refractivity contribution < 1.29 is 4.79 Å². The lowest BCUT2D eigenvalue weighted by molar-refractivity contribution is -0.121. The minimum Gasteiger partial charge on any atom is -0.353 e. The van der Waals surface area contributed by atoms with E-state index in [4.69, 9.17) is 0 Å². The van der Waals surface area contributed by atoms with Crippen LogP contribution in [0.5, 0.6) is 0 Å². The highest BCUT2D eigenvalue weighted by Crippen LogP contribution is 2.10. The van der Waals surface area contributed by atoms with Crippen LogP contribution in [-0.2, 0) is 4.79 Å². The molecule has 0 aliphatic carbocycles. The molecule has 108 valence electrons. The van der Waals surface area contributed by atoms with Gasteiger partial charge in [-0.25, -0.2) is 0 Å². The summed E-state index contributed by atoms with van der Waals surface area (Å²) in [6.07, 6.45) is 12.4. The Morgan fingerprint density at radius 1 is 1.00 bits per heavy atom. The SMILES string of the molecule is CCCCCCCCCCCC(=O)NC(C)CBr. The van der Waals surface area contributed by atoms with Crippen LogP contribution in [0.3, 0.4) is 0 Å². The molecule has 0 rings (SSSR count). The maximum absolute atomic E-state index is 11.5. The van der Waals surface area contributed by atoms with Gasteiger partial charge >= 0.3 is 0 Å². The fraction of sp³-hybridized carbons (Fsp3) is 0.933. The summed E-state index contributed by atoms with van der Waals surface area (Å²) in [4.78, 5) is 11.5. The fourth-order valence-corrected chi connectivity index (χ4v) is 2.14. The van der Waals surface area contributed by atoms with Crippen LogP contribution in [0.15, 0.2) is 0 Å². The zero-order valence-corrected chi connectivity index (χ0v) is 13.7. The predicted molar refractivity (Wildman–Crippen MR) is 83.2 cm³/mol. The molecule has 1 atom stereocenters. The number of carbonyl (C=O) groups is 1. The molecule has 1 amide bonds. The summed E-state index contributed by atoms with van der Waals surface area (Å²) in [5, 5.41) is 3.80. The van der Waals surface area contributed by atoms with Crippen molar-refractivity contribution in [1.82, 2.24) is 5.32 Å². The minimum absolute atomic E-state index is 0.199. The predicted octanol–water partition coefficient (Wildman–Crippen LogP) is 4.81. The van der Waals surface area contributed by atoms with Gasteiger partial charge in [-0.3, -0.25) is 4.79 Å². The van der Waals surface area contributed by atoms with Crippen molar-refractivity contribution in [3.8, 4) is 0 Å². The summed E-state index contributed by atoms with van der Waals surface area (Å²) in [5.41, 5.74) is 0. The third kappa shape index (κ3) is 12.4. The highest BCUT2D eigenvalue weighted by molar-refractivity contribution is 9.09. The van der Waals surface area contributed by atoms with Gasteiger partial charge in [0.05, 0.1) is 0 Å². The summed E-state index contributed by atoms with van der Waals surface area (Å²) in [7, 11) is 0. The fourth-order valence-electron chi connectivity index (χ4n) is 1.98. The number of carbonyl (C=O) groups excluding carboxylic acids is 1. The van der Waals surface area contributed by atoms with Gasteiger partial charge in [-0.15, -0.1) is 0 Å². The summed E-state index contributed by atoms with van der Waals surface area (Å²) in [6, 6.07) is 0.246. The Kier molecular flexibility index (Phi) is 13.3. The topological polar surface area (TPSA) is 29.1 Å². The molecule has 0 radical (unpaired) electrons. The Labute approximate surface area is 121 Å². The van der Waals surface area contributed by atoms with E-state index in [0.29, 0.717) is 6.42 Å². The first-order chi connectivity index (χ1) is 8.70. The van der Waals surface area contributed by atoms with Crippen LogP contribution in [-0.4, -0.2) is 17.3 Å². The molecular weight excluding hydrogens is 290 g/mol. The average Bonchev–Trinajstić information content (AvgIpc) is 2.36. The van der Waals surface area contributed by atoms with Gasteiger partial charge in [0.2, 0.25) is 5.91 Å². The summed E-state index contributed by atoms with van der Waals surface area (Å²) >= 11 is 3.36. The molecule has 0 saturated heterocycles. The van der Waals surface area contributed by atoms with Crippen LogP contribution in [0.25, 0.3) is 0 Å². The first-order valence-electron chi connectivity index (χ1n) is 7.56. The zero-order chi connectivity index (χ0) is 13.6. The summed E-state index contributed by atoms with van der Waals surface area (Å²) in [6.45, 7) is 4.27. The van der Waals surface area contributed by atoms with E-state index < -0.39 is 0 Å². The minimum atomic E-state index is 0.199.